The molecule has 0 bridgehead atoms. The molecule has 0 aliphatic rings. The van der Waals surface area contributed by atoms with E-state index in [0.717, 1.165) is 88.2 Å². The van der Waals surface area contributed by atoms with Gasteiger partial charge in [0.25, 0.3) is 0 Å². The lowest BCUT2D eigenvalue weighted by molar-refractivity contribution is 0.656. The molecule has 0 N–H and O–H groups in total. The van der Waals surface area contributed by atoms with Gasteiger partial charge in [-0.3, -0.25) is 0 Å². The summed E-state index contributed by atoms with van der Waals surface area (Å²) in [5.74, 6) is 0. The van der Waals surface area contributed by atoms with E-state index in [1.807, 2.05) is 0 Å². The molecular formula is C68H52N2O2. The number of aryl methyl sites for hydroxylation is 6. The Labute approximate surface area is 419 Å². The summed E-state index contributed by atoms with van der Waals surface area (Å²) in [4.78, 5) is 4.87. The molecule has 13 aromatic rings. The van der Waals surface area contributed by atoms with E-state index in [1.54, 1.807) is 0 Å². The van der Waals surface area contributed by atoms with Gasteiger partial charge in [0.05, 0.1) is 11.4 Å². The average Bonchev–Trinajstić information content (AvgIpc) is 3.92. The van der Waals surface area contributed by atoms with E-state index in [2.05, 4.69) is 258 Å². The Balaban J connectivity index is 0.909. The van der Waals surface area contributed by atoms with Crippen molar-refractivity contribution in [2.24, 2.45) is 0 Å². The van der Waals surface area contributed by atoms with Gasteiger partial charge < -0.3 is 18.6 Å². The van der Waals surface area contributed by atoms with Gasteiger partial charge in [-0.05, 0) is 185 Å². The number of para-hydroxylation sites is 2. The van der Waals surface area contributed by atoms with Crippen molar-refractivity contribution in [3.63, 3.8) is 0 Å². The van der Waals surface area contributed by atoms with Crippen LogP contribution in [0.2, 0.25) is 0 Å². The molecule has 4 nitrogen and oxygen atoms in total. The van der Waals surface area contributed by atoms with Gasteiger partial charge in [-0.15, -0.1) is 0 Å². The predicted octanol–water partition coefficient (Wildman–Crippen LogP) is 19.9. The van der Waals surface area contributed by atoms with Gasteiger partial charge in [0.2, 0.25) is 0 Å². The van der Waals surface area contributed by atoms with Crippen molar-refractivity contribution >= 4 is 99.5 Å². The van der Waals surface area contributed by atoms with Gasteiger partial charge in [-0.2, -0.15) is 0 Å². The maximum absolute atomic E-state index is 6.75. The summed E-state index contributed by atoms with van der Waals surface area (Å²) >= 11 is 0. The number of anilines is 6. The van der Waals surface area contributed by atoms with E-state index in [9.17, 15) is 0 Å². The van der Waals surface area contributed by atoms with E-state index in [4.69, 9.17) is 8.83 Å². The standard InChI is InChI=1S/C68H52N2O2/c1-41-23-25-51(47-19-9-7-10-20-47)35-61(41)69(67-43(3)15-13-16-44(67)4)55-29-27-49-33-57-59-39-60-58-34-50-28-30-56(32-54(50)38-64(58)72-66(60)40-65(59)71-63(57)37-53(49)31-55)70(68-45(5)17-14-18-46(68)6)62-36-52(26-24-42(62)2)48-21-11-8-12-22-48/h7-40H,1-6H3. The zero-order valence-corrected chi connectivity index (χ0v) is 41.3. The Morgan fingerprint density at radius 1 is 0.264 bits per heavy atom. The number of furan rings is 2. The number of benzene rings is 11. The molecule has 2 aromatic heterocycles. The van der Waals surface area contributed by atoms with Crippen molar-refractivity contribution in [3.8, 4) is 22.3 Å². The molecule has 13 rings (SSSR count). The van der Waals surface area contributed by atoms with Crippen LogP contribution >= 0.6 is 0 Å². The van der Waals surface area contributed by atoms with Crippen LogP contribution in [0.3, 0.4) is 0 Å². The lowest BCUT2D eigenvalue weighted by Crippen LogP contribution is -2.14. The summed E-state index contributed by atoms with van der Waals surface area (Å²) in [6.45, 7) is 13.2. The van der Waals surface area contributed by atoms with Crippen molar-refractivity contribution in [1.82, 2.24) is 0 Å². The number of rotatable bonds is 8. The van der Waals surface area contributed by atoms with Crippen molar-refractivity contribution in [1.29, 1.82) is 0 Å². The van der Waals surface area contributed by atoms with Crippen LogP contribution in [-0.2, 0) is 0 Å². The molecule has 0 saturated carbocycles. The lowest BCUT2D eigenvalue weighted by Gasteiger charge is -2.30. The van der Waals surface area contributed by atoms with Crippen LogP contribution in [0.15, 0.2) is 215 Å². The first-order valence-corrected chi connectivity index (χ1v) is 24.9. The largest absolute Gasteiger partial charge is 0.456 e. The first-order chi connectivity index (χ1) is 35.1. The van der Waals surface area contributed by atoms with Gasteiger partial charge in [0.15, 0.2) is 0 Å². The SMILES string of the molecule is Cc1ccc(-c2ccccc2)cc1N(c1ccc2cc3c(cc2c1)oc1cc2oc4cc5cc(N(c6cc(-c7ccccc7)ccc6C)c6c(C)cccc6C)ccc5cc4c2cc13)c1c(C)cccc1C. The Kier molecular flexibility index (Phi) is 10.2. The highest BCUT2D eigenvalue weighted by Crippen LogP contribution is 2.46. The van der Waals surface area contributed by atoms with E-state index in [1.165, 1.54) is 67.0 Å². The number of nitrogens with zero attached hydrogens (tertiary/aromatic N) is 2. The number of fused-ring (bicyclic) bond motifs is 8. The molecule has 0 fully saturated rings. The van der Waals surface area contributed by atoms with E-state index in [0.29, 0.717) is 0 Å². The Bertz CT molecular complexity index is 3980. The molecule has 0 spiro atoms. The molecule has 346 valence electrons. The second-order valence-corrected chi connectivity index (χ2v) is 19.7. The third kappa shape index (κ3) is 7.21. The molecule has 0 aliphatic heterocycles. The summed E-state index contributed by atoms with van der Waals surface area (Å²) in [5, 5.41) is 8.85. The van der Waals surface area contributed by atoms with Gasteiger partial charge >= 0.3 is 0 Å². The van der Waals surface area contributed by atoms with E-state index < -0.39 is 0 Å². The second kappa shape index (κ2) is 16.9. The quantitative estimate of drug-likeness (QED) is 0.152. The normalized spacial score (nSPS) is 11.8. The number of hydrogen-bond donors (Lipinski definition) is 0. The van der Waals surface area contributed by atoms with Gasteiger partial charge in [0, 0.05) is 50.4 Å². The Hall–Kier alpha value is -8.86. The fourth-order valence-corrected chi connectivity index (χ4v) is 11.2. The Morgan fingerprint density at radius 3 is 1.07 bits per heavy atom. The van der Waals surface area contributed by atoms with Gasteiger partial charge in [-0.25, -0.2) is 0 Å². The fraction of sp³-hybridized carbons (Fsp3) is 0.0882. The van der Waals surface area contributed by atoms with Gasteiger partial charge in [-0.1, -0.05) is 133 Å². The van der Waals surface area contributed by atoms with Crippen LogP contribution in [0.5, 0.6) is 0 Å². The molecule has 4 heteroatoms. The monoisotopic (exact) mass is 928 g/mol. The van der Waals surface area contributed by atoms with Crippen LogP contribution in [0.1, 0.15) is 33.4 Å². The third-order valence-corrected chi connectivity index (χ3v) is 14.9. The molecule has 11 aromatic carbocycles. The van der Waals surface area contributed by atoms with E-state index >= 15 is 0 Å². The molecule has 0 aliphatic carbocycles. The number of hydrogen-bond acceptors (Lipinski definition) is 4. The maximum atomic E-state index is 6.75. The summed E-state index contributed by atoms with van der Waals surface area (Å²) in [6.07, 6.45) is 0. The molecule has 72 heavy (non-hydrogen) atoms. The summed E-state index contributed by atoms with van der Waals surface area (Å²) in [7, 11) is 0. The van der Waals surface area contributed by atoms with Crippen molar-refractivity contribution in [2.45, 2.75) is 41.5 Å². The first-order valence-electron chi connectivity index (χ1n) is 24.9. The molecule has 0 atom stereocenters. The highest BCUT2D eigenvalue weighted by atomic mass is 16.3. The fourth-order valence-electron chi connectivity index (χ4n) is 11.2. The zero-order valence-electron chi connectivity index (χ0n) is 41.3. The first kappa shape index (κ1) is 43.2. The summed E-state index contributed by atoms with van der Waals surface area (Å²) < 4.78 is 13.5. The average molecular weight is 929 g/mol. The highest BCUT2D eigenvalue weighted by Gasteiger charge is 2.23. The maximum Gasteiger partial charge on any atom is 0.139 e. The van der Waals surface area contributed by atoms with Crippen LogP contribution in [0, 0.1) is 41.5 Å². The van der Waals surface area contributed by atoms with Crippen LogP contribution in [0.25, 0.3) is 87.7 Å². The molecule has 0 amide bonds. The van der Waals surface area contributed by atoms with E-state index in [-0.39, 0.29) is 0 Å². The minimum atomic E-state index is 0.807. The second-order valence-electron chi connectivity index (χ2n) is 19.7. The van der Waals surface area contributed by atoms with Crippen molar-refractivity contribution < 1.29 is 8.83 Å². The summed E-state index contributed by atoms with van der Waals surface area (Å²) in [6, 6.07) is 75.0. The smallest absolute Gasteiger partial charge is 0.139 e. The minimum Gasteiger partial charge on any atom is -0.456 e. The Morgan fingerprint density at radius 2 is 0.653 bits per heavy atom. The van der Waals surface area contributed by atoms with Crippen LogP contribution in [-0.4, -0.2) is 0 Å². The zero-order chi connectivity index (χ0) is 48.8. The van der Waals surface area contributed by atoms with Crippen molar-refractivity contribution in [3.05, 3.63) is 240 Å². The molecule has 0 unspecified atom stereocenters. The van der Waals surface area contributed by atoms with Crippen LogP contribution in [0.4, 0.5) is 34.1 Å². The molecule has 2 heterocycles. The predicted molar refractivity (Wildman–Crippen MR) is 305 cm³/mol. The topological polar surface area (TPSA) is 32.8 Å². The van der Waals surface area contributed by atoms with Crippen LogP contribution < -0.4 is 9.80 Å². The molecule has 0 radical (unpaired) electrons. The lowest BCUT2D eigenvalue weighted by atomic mass is 9.99. The third-order valence-electron chi connectivity index (χ3n) is 14.9. The highest BCUT2D eigenvalue weighted by molar-refractivity contribution is 6.18. The minimum absolute atomic E-state index is 0.807. The van der Waals surface area contributed by atoms with Crippen molar-refractivity contribution in [2.75, 3.05) is 9.80 Å². The molecule has 0 saturated heterocycles. The summed E-state index contributed by atoms with van der Waals surface area (Å²) in [5.41, 5.74) is 22.2. The van der Waals surface area contributed by atoms with Gasteiger partial charge in [0.1, 0.15) is 22.3 Å². The molecular weight excluding hydrogens is 877 g/mol.